The van der Waals surface area contributed by atoms with E-state index in [-0.39, 0.29) is 24.0 Å². The molecular weight excluding hydrogens is 387 g/mol. The van der Waals surface area contributed by atoms with Gasteiger partial charge >= 0.3 is 0 Å². The van der Waals surface area contributed by atoms with E-state index >= 15 is 0 Å². The Morgan fingerprint density at radius 3 is 2.95 bits per heavy atom. The molecule has 2 heterocycles. The van der Waals surface area contributed by atoms with E-state index < -0.39 is 0 Å². The Balaban J connectivity index is 0.00000200. The molecule has 1 aromatic heterocycles. The first kappa shape index (κ1) is 17.7. The first-order valence-corrected chi connectivity index (χ1v) is 7.59. The van der Waals surface area contributed by atoms with Crippen molar-refractivity contribution in [2.75, 3.05) is 39.4 Å². The Kier molecular flexibility index (Phi) is 9.16. The van der Waals surface area contributed by atoms with Crippen molar-refractivity contribution in [3.05, 3.63) is 22.4 Å². The number of hydrogen-bond donors (Lipinski definition) is 2. The smallest absolute Gasteiger partial charge is 0.188 e. The maximum atomic E-state index is 5.82. The predicted molar refractivity (Wildman–Crippen MR) is 94.9 cm³/mol. The normalized spacial score (nSPS) is 16.7. The number of rotatable bonds is 6. The average Bonchev–Trinajstić information content (AvgIpc) is 2.96. The summed E-state index contributed by atoms with van der Waals surface area (Å²) in [4.78, 5) is 7.97. The fourth-order valence-electron chi connectivity index (χ4n) is 1.97. The van der Waals surface area contributed by atoms with Crippen LogP contribution in [-0.4, -0.2) is 50.3 Å². The van der Waals surface area contributed by atoms with E-state index in [4.69, 9.17) is 10.5 Å². The fourth-order valence-corrected chi connectivity index (χ4v) is 2.59. The number of guanidine groups is 1. The number of hydrogen-bond acceptors (Lipinski definition) is 4. The van der Waals surface area contributed by atoms with Crippen molar-refractivity contribution in [1.82, 2.24) is 10.2 Å². The lowest BCUT2D eigenvalue weighted by Crippen LogP contribution is -2.39. The second-order valence-corrected chi connectivity index (χ2v) is 5.55. The Bertz CT molecular complexity index is 380. The number of halogens is 1. The first-order chi connectivity index (χ1) is 9.34. The minimum Gasteiger partial charge on any atom is -0.379 e. The van der Waals surface area contributed by atoms with E-state index in [9.17, 15) is 0 Å². The van der Waals surface area contributed by atoms with Gasteiger partial charge in [-0.2, -0.15) is 0 Å². The maximum Gasteiger partial charge on any atom is 0.188 e. The van der Waals surface area contributed by atoms with Gasteiger partial charge in [-0.05, 0) is 24.4 Å². The molecule has 3 N–H and O–H groups in total. The summed E-state index contributed by atoms with van der Waals surface area (Å²) >= 11 is 1.70. The molecule has 0 aromatic carbocycles. The highest BCUT2D eigenvalue weighted by molar-refractivity contribution is 14.0. The van der Waals surface area contributed by atoms with Gasteiger partial charge in [0.2, 0.25) is 0 Å². The van der Waals surface area contributed by atoms with Crippen LogP contribution in [0.2, 0.25) is 0 Å². The third kappa shape index (κ3) is 6.87. The van der Waals surface area contributed by atoms with Gasteiger partial charge in [0.15, 0.2) is 5.96 Å². The van der Waals surface area contributed by atoms with Gasteiger partial charge in [-0.1, -0.05) is 6.07 Å². The molecule has 1 aliphatic rings. The maximum absolute atomic E-state index is 5.82. The zero-order valence-corrected chi connectivity index (χ0v) is 14.7. The number of nitrogens with zero attached hydrogens (tertiary/aromatic N) is 2. The third-order valence-electron chi connectivity index (χ3n) is 3.05. The van der Waals surface area contributed by atoms with Crippen LogP contribution < -0.4 is 11.1 Å². The third-order valence-corrected chi connectivity index (χ3v) is 3.91. The van der Waals surface area contributed by atoms with E-state index in [0.717, 1.165) is 45.8 Å². The van der Waals surface area contributed by atoms with Gasteiger partial charge in [-0.3, -0.25) is 4.90 Å². The Hall–Kier alpha value is -0.380. The number of thiophene rings is 1. The van der Waals surface area contributed by atoms with Gasteiger partial charge in [-0.25, -0.2) is 4.99 Å². The number of morpholine rings is 1. The summed E-state index contributed by atoms with van der Waals surface area (Å²) < 4.78 is 5.32. The molecule has 1 aromatic rings. The summed E-state index contributed by atoms with van der Waals surface area (Å²) in [7, 11) is 0. The molecule has 0 bridgehead atoms. The molecule has 5 nitrogen and oxygen atoms in total. The van der Waals surface area contributed by atoms with Crippen LogP contribution >= 0.6 is 35.3 Å². The zero-order valence-electron chi connectivity index (χ0n) is 11.6. The Morgan fingerprint density at radius 1 is 1.45 bits per heavy atom. The lowest BCUT2D eigenvalue weighted by molar-refractivity contribution is 0.0376. The van der Waals surface area contributed by atoms with Crippen molar-refractivity contribution in [3.8, 4) is 0 Å². The van der Waals surface area contributed by atoms with Crippen LogP contribution in [0.1, 0.15) is 11.3 Å². The molecule has 7 heteroatoms. The molecule has 0 radical (unpaired) electrons. The van der Waals surface area contributed by atoms with Crippen molar-refractivity contribution >= 4 is 41.3 Å². The van der Waals surface area contributed by atoms with Crippen molar-refractivity contribution in [3.63, 3.8) is 0 Å². The van der Waals surface area contributed by atoms with E-state index in [1.54, 1.807) is 11.3 Å². The molecule has 1 saturated heterocycles. The Labute approximate surface area is 141 Å². The Morgan fingerprint density at radius 2 is 2.25 bits per heavy atom. The molecule has 0 atom stereocenters. The van der Waals surface area contributed by atoms with Crippen LogP contribution in [0.25, 0.3) is 0 Å². The molecule has 0 saturated carbocycles. The number of ether oxygens (including phenoxy) is 1. The van der Waals surface area contributed by atoms with Crippen LogP contribution in [0.3, 0.4) is 0 Å². The van der Waals surface area contributed by atoms with Gasteiger partial charge in [-0.15, -0.1) is 35.3 Å². The summed E-state index contributed by atoms with van der Waals surface area (Å²) in [5.41, 5.74) is 5.82. The first-order valence-electron chi connectivity index (χ1n) is 6.71. The SMILES string of the molecule is I.NC(=NCc1cccs1)NCCCN1CCOCC1. The van der Waals surface area contributed by atoms with Gasteiger partial charge in [0, 0.05) is 24.5 Å². The molecule has 2 rings (SSSR count). The summed E-state index contributed by atoms with van der Waals surface area (Å²) in [6, 6.07) is 4.10. The van der Waals surface area contributed by atoms with Crippen molar-refractivity contribution < 1.29 is 4.74 Å². The molecule has 0 amide bonds. The standard InChI is InChI=1S/C13H22N4OS.HI/c14-13(16-11-12-3-1-10-19-12)15-4-2-5-17-6-8-18-9-7-17;/h1,3,10H,2,4-9,11H2,(H3,14,15,16);1H. The van der Waals surface area contributed by atoms with Crippen LogP contribution in [-0.2, 0) is 11.3 Å². The lowest BCUT2D eigenvalue weighted by atomic mass is 10.3. The van der Waals surface area contributed by atoms with Crippen LogP contribution in [0.4, 0.5) is 0 Å². The number of nitrogens with one attached hydrogen (secondary N) is 1. The molecule has 0 unspecified atom stereocenters. The van der Waals surface area contributed by atoms with Crippen LogP contribution in [0.5, 0.6) is 0 Å². The monoisotopic (exact) mass is 410 g/mol. The van der Waals surface area contributed by atoms with Crippen LogP contribution in [0, 0.1) is 0 Å². The fraction of sp³-hybridized carbons (Fsp3) is 0.615. The molecule has 114 valence electrons. The predicted octanol–water partition coefficient (Wildman–Crippen LogP) is 1.49. The average molecular weight is 410 g/mol. The highest BCUT2D eigenvalue weighted by Crippen LogP contribution is 2.08. The van der Waals surface area contributed by atoms with E-state index in [2.05, 4.69) is 26.7 Å². The molecular formula is C13H23IN4OS. The molecule has 20 heavy (non-hydrogen) atoms. The molecule has 0 aliphatic carbocycles. The van der Waals surface area contributed by atoms with E-state index in [1.165, 1.54) is 4.88 Å². The summed E-state index contributed by atoms with van der Waals surface area (Å²) in [5, 5.41) is 5.21. The van der Waals surface area contributed by atoms with Gasteiger partial charge in [0.05, 0.1) is 19.8 Å². The molecule has 1 aliphatic heterocycles. The molecule has 1 fully saturated rings. The number of nitrogens with two attached hydrogens (primary N) is 1. The summed E-state index contributed by atoms with van der Waals surface area (Å²) in [5.74, 6) is 0.537. The van der Waals surface area contributed by atoms with Gasteiger partial charge < -0.3 is 15.8 Å². The highest BCUT2D eigenvalue weighted by atomic mass is 127. The lowest BCUT2D eigenvalue weighted by Gasteiger charge is -2.26. The van der Waals surface area contributed by atoms with Crippen molar-refractivity contribution in [2.45, 2.75) is 13.0 Å². The second-order valence-electron chi connectivity index (χ2n) is 4.52. The summed E-state index contributed by atoms with van der Waals surface area (Å²) in [6.07, 6.45) is 1.08. The summed E-state index contributed by atoms with van der Waals surface area (Å²) in [6.45, 7) is 6.44. The van der Waals surface area contributed by atoms with Gasteiger partial charge in [0.25, 0.3) is 0 Å². The second kappa shape index (κ2) is 10.4. The van der Waals surface area contributed by atoms with Gasteiger partial charge in [0.1, 0.15) is 0 Å². The minimum absolute atomic E-state index is 0. The topological polar surface area (TPSA) is 62.9 Å². The van der Waals surface area contributed by atoms with E-state index in [1.807, 2.05) is 6.07 Å². The minimum atomic E-state index is 0. The number of aliphatic imine (C=N–C) groups is 1. The van der Waals surface area contributed by atoms with E-state index in [0.29, 0.717) is 12.5 Å². The molecule has 0 spiro atoms. The van der Waals surface area contributed by atoms with Crippen molar-refractivity contribution in [1.29, 1.82) is 0 Å². The zero-order chi connectivity index (χ0) is 13.3. The largest absolute Gasteiger partial charge is 0.379 e. The quantitative estimate of drug-likeness (QED) is 0.323. The van der Waals surface area contributed by atoms with Crippen LogP contribution in [0.15, 0.2) is 22.5 Å². The van der Waals surface area contributed by atoms with Crippen molar-refractivity contribution in [2.24, 2.45) is 10.7 Å². The highest BCUT2D eigenvalue weighted by Gasteiger charge is 2.08.